The van der Waals surface area contributed by atoms with Crippen molar-refractivity contribution in [3.63, 3.8) is 0 Å². The van der Waals surface area contributed by atoms with Gasteiger partial charge in [0.1, 0.15) is 11.4 Å². The van der Waals surface area contributed by atoms with Crippen LogP contribution in [0.3, 0.4) is 0 Å². The van der Waals surface area contributed by atoms with E-state index in [9.17, 15) is 9.59 Å². The first-order valence-corrected chi connectivity index (χ1v) is 7.44. The number of anilines is 1. The molecule has 6 nitrogen and oxygen atoms in total. The van der Waals surface area contributed by atoms with Gasteiger partial charge in [0.25, 0.3) is 11.8 Å². The highest BCUT2D eigenvalue weighted by molar-refractivity contribution is 6.03. The minimum Gasteiger partial charge on any atom is -0.484 e. The molecular formula is C17H21N3O3. The molecule has 1 heterocycles. The zero-order valence-corrected chi connectivity index (χ0v) is 13.6. The number of nitrogens with zero attached hydrogens (tertiary/aromatic N) is 1. The van der Waals surface area contributed by atoms with Crippen molar-refractivity contribution < 1.29 is 14.3 Å². The Morgan fingerprint density at radius 1 is 1.13 bits per heavy atom. The van der Waals surface area contributed by atoms with Crippen molar-refractivity contribution in [3.05, 3.63) is 47.8 Å². The minimum atomic E-state index is -0.170. The molecule has 0 fully saturated rings. The van der Waals surface area contributed by atoms with E-state index in [4.69, 9.17) is 4.74 Å². The Morgan fingerprint density at radius 2 is 1.83 bits per heavy atom. The maximum absolute atomic E-state index is 12.2. The molecule has 2 N–H and O–H groups in total. The number of aromatic nitrogens is 1. The zero-order valence-electron chi connectivity index (χ0n) is 13.6. The average molecular weight is 315 g/mol. The molecule has 1 aromatic carbocycles. The van der Waals surface area contributed by atoms with Gasteiger partial charge in [0, 0.05) is 25.0 Å². The Morgan fingerprint density at radius 3 is 2.39 bits per heavy atom. The summed E-state index contributed by atoms with van der Waals surface area (Å²) in [5, 5.41) is 5.49. The Balaban J connectivity index is 1.93. The molecule has 0 aliphatic heterocycles. The van der Waals surface area contributed by atoms with E-state index in [0.717, 1.165) is 5.69 Å². The van der Waals surface area contributed by atoms with Gasteiger partial charge >= 0.3 is 0 Å². The third kappa shape index (κ3) is 4.35. The lowest BCUT2D eigenvalue weighted by atomic mass is 10.3. The second-order valence-electron chi connectivity index (χ2n) is 5.14. The van der Waals surface area contributed by atoms with Crippen LogP contribution in [0.25, 0.3) is 0 Å². The van der Waals surface area contributed by atoms with Gasteiger partial charge < -0.3 is 19.9 Å². The number of ether oxygens (including phenoxy) is 1. The summed E-state index contributed by atoms with van der Waals surface area (Å²) in [6.07, 6.45) is 0. The fraction of sp³-hybridized carbons (Fsp3) is 0.294. The number of carbonyl (C=O) groups excluding carboxylic acids is 2. The van der Waals surface area contributed by atoms with Gasteiger partial charge in [0.2, 0.25) is 0 Å². The van der Waals surface area contributed by atoms with Gasteiger partial charge in [0.05, 0.1) is 0 Å². The number of hydrogen-bond acceptors (Lipinski definition) is 3. The van der Waals surface area contributed by atoms with Gasteiger partial charge in [-0.05, 0) is 50.2 Å². The molecule has 122 valence electrons. The number of aryl methyl sites for hydroxylation is 1. The van der Waals surface area contributed by atoms with Crippen LogP contribution < -0.4 is 15.4 Å². The van der Waals surface area contributed by atoms with E-state index in [0.29, 0.717) is 23.7 Å². The molecule has 6 heteroatoms. The van der Waals surface area contributed by atoms with Crippen molar-refractivity contribution in [2.45, 2.75) is 13.8 Å². The molecule has 0 saturated carbocycles. The molecule has 0 aliphatic rings. The molecule has 0 saturated heterocycles. The Hall–Kier alpha value is -2.76. The van der Waals surface area contributed by atoms with E-state index < -0.39 is 0 Å². The smallest absolute Gasteiger partial charge is 0.272 e. The SMILES string of the molecule is CCNC(=O)COc1ccc(NC(=O)c2ccc(C)n2C)cc1. The highest BCUT2D eigenvalue weighted by Crippen LogP contribution is 2.17. The second kappa shape index (κ2) is 7.49. The first-order chi connectivity index (χ1) is 11.0. The summed E-state index contributed by atoms with van der Waals surface area (Å²) in [6.45, 7) is 4.34. The lowest BCUT2D eigenvalue weighted by Gasteiger charge is -2.09. The predicted octanol–water partition coefficient (Wildman–Crippen LogP) is 2.10. The fourth-order valence-corrected chi connectivity index (χ4v) is 2.07. The topological polar surface area (TPSA) is 72.4 Å². The predicted molar refractivity (Wildman–Crippen MR) is 88.7 cm³/mol. The first-order valence-electron chi connectivity index (χ1n) is 7.44. The Kier molecular flexibility index (Phi) is 5.41. The van der Waals surface area contributed by atoms with E-state index in [1.54, 1.807) is 30.3 Å². The average Bonchev–Trinajstić information content (AvgIpc) is 2.87. The molecule has 2 aromatic rings. The van der Waals surface area contributed by atoms with Crippen LogP contribution in [-0.2, 0) is 11.8 Å². The maximum atomic E-state index is 12.2. The highest BCUT2D eigenvalue weighted by atomic mass is 16.5. The van der Waals surface area contributed by atoms with Crippen LogP contribution in [0.4, 0.5) is 5.69 Å². The minimum absolute atomic E-state index is 0.0256. The standard InChI is InChI=1S/C17H21N3O3/c1-4-18-16(21)11-23-14-8-6-13(7-9-14)19-17(22)15-10-5-12(2)20(15)3/h5-10H,4,11H2,1-3H3,(H,18,21)(H,19,22). The molecule has 0 radical (unpaired) electrons. The summed E-state index contributed by atoms with van der Waals surface area (Å²) < 4.78 is 7.19. The van der Waals surface area contributed by atoms with Gasteiger partial charge in [-0.25, -0.2) is 0 Å². The molecular weight excluding hydrogens is 294 g/mol. The summed E-state index contributed by atoms with van der Waals surface area (Å²) in [7, 11) is 1.85. The van der Waals surface area contributed by atoms with Crippen LogP contribution in [0.1, 0.15) is 23.1 Å². The van der Waals surface area contributed by atoms with Crippen molar-refractivity contribution in [3.8, 4) is 5.75 Å². The third-order valence-corrected chi connectivity index (χ3v) is 3.46. The van der Waals surface area contributed by atoms with Crippen LogP contribution in [0.5, 0.6) is 5.75 Å². The lowest BCUT2D eigenvalue weighted by Crippen LogP contribution is -2.28. The van der Waals surface area contributed by atoms with Crippen molar-refractivity contribution in [1.82, 2.24) is 9.88 Å². The van der Waals surface area contributed by atoms with Crippen LogP contribution >= 0.6 is 0 Å². The summed E-state index contributed by atoms with van der Waals surface area (Å²) >= 11 is 0. The summed E-state index contributed by atoms with van der Waals surface area (Å²) in [5.74, 6) is 0.240. The van der Waals surface area contributed by atoms with Crippen LogP contribution in [0.15, 0.2) is 36.4 Å². The van der Waals surface area contributed by atoms with E-state index in [1.807, 2.05) is 31.5 Å². The van der Waals surface area contributed by atoms with Gasteiger partial charge in [0.15, 0.2) is 6.61 Å². The molecule has 23 heavy (non-hydrogen) atoms. The molecule has 0 aliphatic carbocycles. The van der Waals surface area contributed by atoms with Gasteiger partial charge in [-0.15, -0.1) is 0 Å². The van der Waals surface area contributed by atoms with Crippen LogP contribution in [-0.4, -0.2) is 29.5 Å². The number of rotatable bonds is 6. The number of likely N-dealkylation sites (N-methyl/N-ethyl adjacent to an activating group) is 1. The van der Waals surface area contributed by atoms with E-state index in [2.05, 4.69) is 10.6 Å². The summed E-state index contributed by atoms with van der Waals surface area (Å²) in [4.78, 5) is 23.5. The number of benzene rings is 1. The molecule has 0 bridgehead atoms. The lowest BCUT2D eigenvalue weighted by molar-refractivity contribution is -0.122. The van der Waals surface area contributed by atoms with Gasteiger partial charge in [-0.3, -0.25) is 9.59 Å². The fourth-order valence-electron chi connectivity index (χ4n) is 2.07. The molecule has 0 unspecified atom stereocenters. The number of nitrogens with one attached hydrogen (secondary N) is 2. The molecule has 0 atom stereocenters. The third-order valence-electron chi connectivity index (χ3n) is 3.46. The van der Waals surface area contributed by atoms with Crippen LogP contribution in [0.2, 0.25) is 0 Å². The molecule has 2 rings (SSSR count). The largest absolute Gasteiger partial charge is 0.484 e. The highest BCUT2D eigenvalue weighted by Gasteiger charge is 2.11. The zero-order chi connectivity index (χ0) is 16.8. The van der Waals surface area contributed by atoms with Crippen molar-refractivity contribution in [1.29, 1.82) is 0 Å². The summed E-state index contributed by atoms with van der Waals surface area (Å²) in [6, 6.07) is 10.6. The van der Waals surface area contributed by atoms with Crippen molar-refractivity contribution >= 4 is 17.5 Å². The van der Waals surface area contributed by atoms with Crippen molar-refractivity contribution in [2.75, 3.05) is 18.5 Å². The van der Waals surface area contributed by atoms with Crippen LogP contribution in [0, 0.1) is 6.92 Å². The Labute approximate surface area is 135 Å². The number of carbonyl (C=O) groups is 2. The second-order valence-corrected chi connectivity index (χ2v) is 5.14. The van der Waals surface area contributed by atoms with E-state index in [-0.39, 0.29) is 18.4 Å². The quantitative estimate of drug-likeness (QED) is 0.857. The molecule has 1 aromatic heterocycles. The number of hydrogen-bond donors (Lipinski definition) is 2. The van der Waals surface area contributed by atoms with E-state index >= 15 is 0 Å². The summed E-state index contributed by atoms with van der Waals surface area (Å²) in [5.41, 5.74) is 2.28. The van der Waals surface area contributed by atoms with Gasteiger partial charge in [-0.1, -0.05) is 0 Å². The van der Waals surface area contributed by atoms with Gasteiger partial charge in [-0.2, -0.15) is 0 Å². The monoisotopic (exact) mass is 315 g/mol. The normalized spacial score (nSPS) is 10.2. The first kappa shape index (κ1) is 16.6. The van der Waals surface area contributed by atoms with Crippen molar-refractivity contribution in [2.24, 2.45) is 7.05 Å². The van der Waals surface area contributed by atoms with E-state index in [1.165, 1.54) is 0 Å². The Bertz CT molecular complexity index is 690. The number of amides is 2. The molecule has 2 amide bonds. The maximum Gasteiger partial charge on any atom is 0.272 e. The molecule has 0 spiro atoms.